The third-order valence-electron chi connectivity index (χ3n) is 4.89. The molecule has 2 amide bonds. The topological polar surface area (TPSA) is 92.3 Å². The predicted octanol–water partition coefficient (Wildman–Crippen LogP) is 2.60. The Balaban J connectivity index is 1.76. The van der Waals surface area contributed by atoms with Gasteiger partial charge in [-0.05, 0) is 30.5 Å². The number of aryl methyl sites for hydroxylation is 1. The van der Waals surface area contributed by atoms with Crippen molar-refractivity contribution in [3.05, 3.63) is 65.2 Å². The normalized spacial score (nSPS) is 18.6. The van der Waals surface area contributed by atoms with Crippen molar-refractivity contribution < 1.29 is 18.0 Å². The molecule has 0 fully saturated rings. The van der Waals surface area contributed by atoms with Gasteiger partial charge in [0.05, 0.1) is 29.2 Å². The summed E-state index contributed by atoms with van der Waals surface area (Å²) in [6.07, 6.45) is 0.411. The lowest BCUT2D eigenvalue weighted by Crippen LogP contribution is -2.37. The Bertz CT molecular complexity index is 984. The van der Waals surface area contributed by atoms with Gasteiger partial charge < -0.3 is 10.6 Å². The first kappa shape index (κ1) is 20.1. The lowest BCUT2D eigenvalue weighted by atomic mass is 10.00. The van der Waals surface area contributed by atoms with Crippen molar-refractivity contribution in [3.8, 4) is 0 Å². The zero-order valence-corrected chi connectivity index (χ0v) is 16.8. The van der Waals surface area contributed by atoms with Crippen LogP contribution >= 0.6 is 0 Å². The van der Waals surface area contributed by atoms with Gasteiger partial charge in [-0.25, -0.2) is 8.42 Å². The van der Waals surface area contributed by atoms with Gasteiger partial charge in [0.15, 0.2) is 9.84 Å². The molecule has 0 spiro atoms. The maximum Gasteiger partial charge on any atom is 0.222 e. The fourth-order valence-electron chi connectivity index (χ4n) is 3.48. The molecule has 7 heteroatoms. The zero-order valence-electron chi connectivity index (χ0n) is 15.9. The number of nitrogens with one attached hydrogen (secondary N) is 2. The van der Waals surface area contributed by atoms with Crippen LogP contribution in [0.1, 0.15) is 48.5 Å². The third kappa shape index (κ3) is 4.59. The van der Waals surface area contributed by atoms with E-state index in [9.17, 15) is 18.0 Å². The van der Waals surface area contributed by atoms with Gasteiger partial charge in [0.2, 0.25) is 11.8 Å². The van der Waals surface area contributed by atoms with Crippen molar-refractivity contribution in [2.45, 2.75) is 43.7 Å². The number of carbonyl (C=O) groups is 2. The van der Waals surface area contributed by atoms with E-state index in [4.69, 9.17) is 0 Å². The molecule has 0 bridgehead atoms. The molecule has 2 N–H and O–H groups in total. The largest absolute Gasteiger partial charge is 0.349 e. The van der Waals surface area contributed by atoms with E-state index < -0.39 is 15.9 Å². The van der Waals surface area contributed by atoms with E-state index in [1.54, 1.807) is 24.3 Å². The molecule has 0 aliphatic carbocycles. The smallest absolute Gasteiger partial charge is 0.222 e. The van der Waals surface area contributed by atoms with Crippen molar-refractivity contribution in [3.63, 3.8) is 0 Å². The fraction of sp³-hybridized carbons (Fsp3) is 0.333. The van der Waals surface area contributed by atoms with E-state index in [-0.39, 0.29) is 34.9 Å². The van der Waals surface area contributed by atoms with Crippen molar-refractivity contribution in [2.24, 2.45) is 0 Å². The minimum Gasteiger partial charge on any atom is -0.349 e. The highest BCUT2D eigenvalue weighted by atomic mass is 32.2. The summed E-state index contributed by atoms with van der Waals surface area (Å²) in [5.41, 5.74) is 2.56. The first-order valence-electron chi connectivity index (χ1n) is 9.21. The second kappa shape index (κ2) is 8.14. The van der Waals surface area contributed by atoms with E-state index >= 15 is 0 Å². The van der Waals surface area contributed by atoms with Crippen molar-refractivity contribution in [1.29, 1.82) is 0 Å². The van der Waals surface area contributed by atoms with E-state index in [2.05, 4.69) is 10.6 Å². The zero-order chi connectivity index (χ0) is 20.3. The molecule has 1 heterocycles. The number of sulfone groups is 1. The summed E-state index contributed by atoms with van der Waals surface area (Å²) in [6.45, 7) is 3.39. The monoisotopic (exact) mass is 400 g/mol. The van der Waals surface area contributed by atoms with E-state index in [1.165, 1.54) is 6.92 Å². The average Bonchev–Trinajstić information content (AvgIpc) is 2.64. The summed E-state index contributed by atoms with van der Waals surface area (Å²) in [7, 11) is -3.31. The summed E-state index contributed by atoms with van der Waals surface area (Å²) in [5.74, 6) is -0.451. The molecule has 0 radical (unpaired) electrons. The summed E-state index contributed by atoms with van der Waals surface area (Å²) in [4.78, 5) is 24.6. The molecule has 28 heavy (non-hydrogen) atoms. The van der Waals surface area contributed by atoms with Crippen LogP contribution in [0, 0.1) is 6.92 Å². The molecule has 0 saturated carbocycles. The highest BCUT2D eigenvalue weighted by Gasteiger charge is 2.31. The van der Waals surface area contributed by atoms with E-state index in [0.717, 1.165) is 11.1 Å². The van der Waals surface area contributed by atoms with Gasteiger partial charge in [-0.3, -0.25) is 9.59 Å². The lowest BCUT2D eigenvalue weighted by Gasteiger charge is -2.27. The molecule has 1 aliphatic heterocycles. The van der Waals surface area contributed by atoms with Gasteiger partial charge in [0, 0.05) is 6.92 Å². The Morgan fingerprint density at radius 2 is 1.79 bits per heavy atom. The molecule has 2 atom stereocenters. The number of hydrogen-bond acceptors (Lipinski definition) is 4. The molecular weight excluding hydrogens is 376 g/mol. The van der Waals surface area contributed by atoms with Crippen LogP contribution in [0.25, 0.3) is 0 Å². The SMILES string of the molecule is CC(=O)N[C@H](CC(=O)N[C@H]1CCS(=O)(=O)c2ccccc21)c1ccc(C)cc1. The summed E-state index contributed by atoms with van der Waals surface area (Å²) in [5, 5.41) is 5.76. The Labute approximate surface area is 165 Å². The highest BCUT2D eigenvalue weighted by molar-refractivity contribution is 7.91. The van der Waals surface area contributed by atoms with E-state index in [0.29, 0.717) is 12.0 Å². The van der Waals surface area contributed by atoms with Crippen LogP contribution in [-0.2, 0) is 19.4 Å². The molecule has 148 valence electrons. The molecule has 6 nitrogen and oxygen atoms in total. The number of rotatable bonds is 5. The second-order valence-electron chi connectivity index (χ2n) is 7.13. The maximum absolute atomic E-state index is 12.7. The molecule has 2 aromatic carbocycles. The van der Waals surface area contributed by atoms with Crippen LogP contribution < -0.4 is 10.6 Å². The molecule has 3 rings (SSSR count). The summed E-state index contributed by atoms with van der Waals surface area (Å²) >= 11 is 0. The first-order valence-corrected chi connectivity index (χ1v) is 10.9. The number of carbonyl (C=O) groups excluding carboxylic acids is 2. The number of hydrogen-bond donors (Lipinski definition) is 2. The minimum atomic E-state index is -3.31. The van der Waals surface area contributed by atoms with Gasteiger partial charge in [0.25, 0.3) is 0 Å². The van der Waals surface area contributed by atoms with Gasteiger partial charge in [-0.2, -0.15) is 0 Å². The molecule has 1 aliphatic rings. The van der Waals surface area contributed by atoms with E-state index in [1.807, 2.05) is 31.2 Å². The maximum atomic E-state index is 12.7. The number of amides is 2. The van der Waals surface area contributed by atoms with Crippen molar-refractivity contribution in [1.82, 2.24) is 10.6 Å². The van der Waals surface area contributed by atoms with Gasteiger partial charge >= 0.3 is 0 Å². The van der Waals surface area contributed by atoms with Gasteiger partial charge in [-0.15, -0.1) is 0 Å². The quantitative estimate of drug-likeness (QED) is 0.807. The Hall–Kier alpha value is -2.67. The van der Waals surface area contributed by atoms with Crippen molar-refractivity contribution in [2.75, 3.05) is 5.75 Å². The highest BCUT2D eigenvalue weighted by Crippen LogP contribution is 2.32. The number of benzene rings is 2. The molecular formula is C21H24N2O4S. The predicted molar refractivity (Wildman–Crippen MR) is 106 cm³/mol. The minimum absolute atomic E-state index is 0.00203. The summed E-state index contributed by atoms with van der Waals surface area (Å²) < 4.78 is 24.5. The molecule has 0 saturated heterocycles. The van der Waals surface area contributed by atoms with Crippen LogP contribution in [0.4, 0.5) is 0 Å². The van der Waals surface area contributed by atoms with Crippen LogP contribution in [-0.4, -0.2) is 26.0 Å². The molecule has 2 aromatic rings. The first-order chi connectivity index (χ1) is 13.3. The lowest BCUT2D eigenvalue weighted by molar-refractivity contribution is -0.123. The van der Waals surface area contributed by atoms with Crippen LogP contribution in [0.2, 0.25) is 0 Å². The Morgan fingerprint density at radius 3 is 2.46 bits per heavy atom. The second-order valence-corrected chi connectivity index (χ2v) is 9.21. The Morgan fingerprint density at radius 1 is 1.11 bits per heavy atom. The standard InChI is InChI=1S/C21H24N2O4S/c1-14-7-9-16(10-8-14)19(22-15(2)24)13-21(25)23-18-11-12-28(26,27)20-6-4-3-5-17(18)20/h3-10,18-19H,11-13H2,1-2H3,(H,22,24)(H,23,25)/t18-,19+/m0/s1. The van der Waals surface area contributed by atoms with Crippen LogP contribution in [0.3, 0.4) is 0 Å². The Kier molecular flexibility index (Phi) is 5.84. The fourth-order valence-corrected chi connectivity index (χ4v) is 5.10. The average molecular weight is 401 g/mol. The van der Waals surface area contributed by atoms with Crippen LogP contribution in [0.5, 0.6) is 0 Å². The van der Waals surface area contributed by atoms with Gasteiger partial charge in [-0.1, -0.05) is 48.0 Å². The third-order valence-corrected chi connectivity index (χ3v) is 6.70. The van der Waals surface area contributed by atoms with Crippen molar-refractivity contribution >= 4 is 21.7 Å². The summed E-state index contributed by atoms with van der Waals surface area (Å²) in [6, 6.07) is 13.6. The molecule has 0 aromatic heterocycles. The number of fused-ring (bicyclic) bond motifs is 1. The van der Waals surface area contributed by atoms with Gasteiger partial charge in [0.1, 0.15) is 0 Å². The van der Waals surface area contributed by atoms with Crippen LogP contribution in [0.15, 0.2) is 53.4 Å². The molecule has 0 unspecified atom stereocenters.